The van der Waals surface area contributed by atoms with Gasteiger partial charge in [-0.15, -0.1) is 0 Å². The molecule has 3 heterocycles. The van der Waals surface area contributed by atoms with Gasteiger partial charge in [-0.3, -0.25) is 14.6 Å². The van der Waals surface area contributed by atoms with Gasteiger partial charge in [-0.25, -0.2) is 0 Å². The highest BCUT2D eigenvalue weighted by atomic mass is 16.2. The number of benzene rings is 2. The summed E-state index contributed by atoms with van der Waals surface area (Å²) in [5.41, 5.74) is 6.42. The van der Waals surface area contributed by atoms with E-state index in [4.69, 9.17) is 0 Å². The SMILES string of the molecule is C[C@@H]1CCN(c2ccc3n[nH]c(Cc4ccc(-c5cnn(C)c5)cc4)c3c2)C1=O. The van der Waals surface area contributed by atoms with Crippen molar-refractivity contribution in [2.24, 2.45) is 13.0 Å². The number of aromatic amines is 1. The molecule has 2 aromatic heterocycles. The van der Waals surface area contributed by atoms with Gasteiger partial charge in [-0.2, -0.15) is 10.2 Å². The molecule has 0 unspecified atom stereocenters. The van der Waals surface area contributed by atoms with E-state index in [0.29, 0.717) is 0 Å². The van der Waals surface area contributed by atoms with Gasteiger partial charge in [0, 0.05) is 54.5 Å². The monoisotopic (exact) mass is 385 g/mol. The molecule has 1 saturated heterocycles. The number of hydrogen-bond donors (Lipinski definition) is 1. The maximum absolute atomic E-state index is 12.4. The first-order valence-electron chi connectivity index (χ1n) is 9.95. The van der Waals surface area contributed by atoms with E-state index >= 15 is 0 Å². The summed E-state index contributed by atoms with van der Waals surface area (Å²) in [5, 5.41) is 12.9. The average Bonchev–Trinajstić information content (AvgIpc) is 3.43. The zero-order valence-electron chi connectivity index (χ0n) is 16.6. The number of nitrogens with zero attached hydrogens (tertiary/aromatic N) is 4. The summed E-state index contributed by atoms with van der Waals surface area (Å²) in [6, 6.07) is 14.6. The minimum atomic E-state index is 0.104. The third kappa shape index (κ3) is 3.20. The zero-order chi connectivity index (χ0) is 20.0. The van der Waals surface area contributed by atoms with Crippen molar-refractivity contribution in [1.82, 2.24) is 20.0 Å². The first-order chi connectivity index (χ1) is 14.1. The second-order valence-electron chi connectivity index (χ2n) is 7.86. The molecule has 1 aliphatic heterocycles. The van der Waals surface area contributed by atoms with Crippen molar-refractivity contribution in [3.05, 3.63) is 66.1 Å². The molecule has 0 aliphatic carbocycles. The first-order valence-corrected chi connectivity index (χ1v) is 9.95. The number of anilines is 1. The van der Waals surface area contributed by atoms with Gasteiger partial charge in [-0.05, 0) is 35.7 Å². The van der Waals surface area contributed by atoms with Crippen molar-refractivity contribution in [3.8, 4) is 11.1 Å². The van der Waals surface area contributed by atoms with Crippen LogP contribution in [0.5, 0.6) is 0 Å². The van der Waals surface area contributed by atoms with Crippen LogP contribution in [0.1, 0.15) is 24.6 Å². The van der Waals surface area contributed by atoms with Crippen LogP contribution in [0.2, 0.25) is 0 Å². The molecule has 0 saturated carbocycles. The van der Waals surface area contributed by atoms with Crippen LogP contribution in [0.3, 0.4) is 0 Å². The molecule has 0 bridgehead atoms. The van der Waals surface area contributed by atoms with Crippen molar-refractivity contribution < 1.29 is 4.79 Å². The number of carbonyl (C=O) groups excluding carboxylic acids is 1. The van der Waals surface area contributed by atoms with E-state index in [-0.39, 0.29) is 11.8 Å². The topological polar surface area (TPSA) is 66.8 Å². The van der Waals surface area contributed by atoms with Crippen molar-refractivity contribution in [1.29, 1.82) is 0 Å². The lowest BCUT2D eigenvalue weighted by molar-refractivity contribution is -0.119. The van der Waals surface area contributed by atoms with Crippen LogP contribution in [0, 0.1) is 5.92 Å². The molecule has 146 valence electrons. The maximum atomic E-state index is 12.4. The van der Waals surface area contributed by atoms with E-state index < -0.39 is 0 Å². The second kappa shape index (κ2) is 6.88. The number of fused-ring (bicyclic) bond motifs is 1. The molecule has 1 fully saturated rings. The number of aromatic nitrogens is 4. The molecule has 1 amide bonds. The lowest BCUT2D eigenvalue weighted by Crippen LogP contribution is -2.25. The third-order valence-electron chi connectivity index (χ3n) is 5.77. The lowest BCUT2D eigenvalue weighted by Gasteiger charge is -2.16. The Balaban J connectivity index is 1.41. The van der Waals surface area contributed by atoms with Crippen LogP contribution in [0.25, 0.3) is 22.0 Å². The smallest absolute Gasteiger partial charge is 0.229 e. The summed E-state index contributed by atoms with van der Waals surface area (Å²) < 4.78 is 1.81. The fraction of sp³-hybridized carbons (Fsp3) is 0.261. The predicted molar refractivity (Wildman–Crippen MR) is 114 cm³/mol. The van der Waals surface area contributed by atoms with Crippen LogP contribution in [0.15, 0.2) is 54.9 Å². The second-order valence-corrected chi connectivity index (χ2v) is 7.86. The molecule has 6 nitrogen and oxygen atoms in total. The molecule has 1 N–H and O–H groups in total. The van der Waals surface area contributed by atoms with Gasteiger partial charge in [0.2, 0.25) is 5.91 Å². The summed E-state index contributed by atoms with van der Waals surface area (Å²) in [7, 11) is 1.92. The quantitative estimate of drug-likeness (QED) is 0.579. The van der Waals surface area contributed by atoms with Crippen LogP contribution in [0.4, 0.5) is 5.69 Å². The number of aryl methyl sites for hydroxylation is 1. The number of amides is 1. The van der Waals surface area contributed by atoms with Crippen LogP contribution in [-0.4, -0.2) is 32.4 Å². The van der Waals surface area contributed by atoms with Crippen LogP contribution < -0.4 is 4.90 Å². The fourth-order valence-electron chi connectivity index (χ4n) is 4.02. The van der Waals surface area contributed by atoms with Gasteiger partial charge in [0.15, 0.2) is 0 Å². The Morgan fingerprint density at radius 2 is 1.97 bits per heavy atom. The minimum absolute atomic E-state index is 0.104. The van der Waals surface area contributed by atoms with Crippen molar-refractivity contribution in [2.45, 2.75) is 19.8 Å². The average molecular weight is 385 g/mol. The highest BCUT2D eigenvalue weighted by Crippen LogP contribution is 2.29. The van der Waals surface area contributed by atoms with E-state index in [1.165, 1.54) is 5.56 Å². The Hall–Kier alpha value is -3.41. The molecular formula is C23H23N5O. The number of rotatable bonds is 4. The van der Waals surface area contributed by atoms with Gasteiger partial charge in [0.05, 0.1) is 11.7 Å². The third-order valence-corrected chi connectivity index (χ3v) is 5.77. The highest BCUT2D eigenvalue weighted by molar-refractivity contribution is 5.99. The number of H-pyrrole nitrogens is 1. The van der Waals surface area contributed by atoms with Crippen LogP contribution in [-0.2, 0) is 18.3 Å². The van der Waals surface area contributed by atoms with Crippen molar-refractivity contribution in [3.63, 3.8) is 0 Å². The Labute approximate surface area is 169 Å². The molecule has 2 aromatic carbocycles. The first kappa shape index (κ1) is 17.7. The molecular weight excluding hydrogens is 362 g/mol. The molecule has 1 atom stereocenters. The van der Waals surface area contributed by atoms with E-state index in [1.807, 2.05) is 48.1 Å². The lowest BCUT2D eigenvalue weighted by atomic mass is 10.0. The van der Waals surface area contributed by atoms with Gasteiger partial charge in [-0.1, -0.05) is 31.2 Å². The Bertz CT molecular complexity index is 1190. The molecule has 0 radical (unpaired) electrons. The maximum Gasteiger partial charge on any atom is 0.229 e. The molecule has 4 aromatic rings. The molecule has 29 heavy (non-hydrogen) atoms. The predicted octanol–water partition coefficient (Wildman–Crippen LogP) is 3.93. The van der Waals surface area contributed by atoms with Gasteiger partial charge < -0.3 is 4.90 Å². The van der Waals surface area contributed by atoms with E-state index in [2.05, 4.69) is 45.6 Å². The van der Waals surface area contributed by atoms with E-state index in [1.54, 1.807) is 0 Å². The molecule has 1 aliphatic rings. The van der Waals surface area contributed by atoms with Crippen molar-refractivity contribution in [2.75, 3.05) is 11.4 Å². The molecule has 5 rings (SSSR count). The van der Waals surface area contributed by atoms with Crippen molar-refractivity contribution >= 4 is 22.5 Å². The van der Waals surface area contributed by atoms with Gasteiger partial charge in [0.1, 0.15) is 0 Å². The fourth-order valence-corrected chi connectivity index (χ4v) is 4.02. The van der Waals surface area contributed by atoms with E-state index in [9.17, 15) is 4.79 Å². The minimum Gasteiger partial charge on any atom is -0.312 e. The Morgan fingerprint density at radius 1 is 1.14 bits per heavy atom. The number of nitrogens with one attached hydrogen (secondary N) is 1. The van der Waals surface area contributed by atoms with Crippen LogP contribution >= 0.6 is 0 Å². The normalized spacial score (nSPS) is 16.8. The van der Waals surface area contributed by atoms with Gasteiger partial charge >= 0.3 is 0 Å². The summed E-state index contributed by atoms with van der Waals surface area (Å²) >= 11 is 0. The summed E-state index contributed by atoms with van der Waals surface area (Å²) in [6.07, 6.45) is 5.56. The Morgan fingerprint density at radius 3 is 2.66 bits per heavy atom. The highest BCUT2D eigenvalue weighted by Gasteiger charge is 2.29. The summed E-state index contributed by atoms with van der Waals surface area (Å²) in [6.45, 7) is 2.79. The largest absolute Gasteiger partial charge is 0.312 e. The standard InChI is InChI=1S/C23H23N5O/c1-15-9-10-28(23(15)29)19-7-8-21-20(12-19)22(26-25-21)11-16-3-5-17(6-4-16)18-13-24-27(2)14-18/h3-8,12-15H,9-11H2,1-2H3,(H,25,26)/t15-/m1/s1. The number of hydrogen-bond acceptors (Lipinski definition) is 3. The molecule has 0 spiro atoms. The van der Waals surface area contributed by atoms with E-state index in [0.717, 1.165) is 52.8 Å². The zero-order valence-corrected chi connectivity index (χ0v) is 16.6. The van der Waals surface area contributed by atoms with Gasteiger partial charge in [0.25, 0.3) is 0 Å². The summed E-state index contributed by atoms with van der Waals surface area (Å²) in [4.78, 5) is 14.3. The molecule has 6 heteroatoms. The number of carbonyl (C=O) groups is 1. The Kier molecular flexibility index (Phi) is 4.19. The summed E-state index contributed by atoms with van der Waals surface area (Å²) in [5.74, 6) is 0.313.